The number of alkyl carbamates (subject to hydrolysis) is 1. The molecule has 106 valence electrons. The van der Waals surface area contributed by atoms with Gasteiger partial charge in [-0.1, -0.05) is 36.6 Å². The van der Waals surface area contributed by atoms with E-state index >= 15 is 0 Å². The molecule has 0 aliphatic carbocycles. The summed E-state index contributed by atoms with van der Waals surface area (Å²) in [4.78, 5) is 11.4. The van der Waals surface area contributed by atoms with E-state index in [1.165, 1.54) is 0 Å². The summed E-state index contributed by atoms with van der Waals surface area (Å²) in [6.45, 7) is 9.68. The van der Waals surface area contributed by atoms with Crippen LogP contribution in [0.15, 0.2) is 30.8 Å². The van der Waals surface area contributed by atoms with Crippen molar-refractivity contribution in [1.29, 1.82) is 0 Å². The van der Waals surface area contributed by atoms with Gasteiger partial charge in [0, 0.05) is 18.5 Å². The second-order valence-corrected chi connectivity index (χ2v) is 5.31. The molecule has 0 aliphatic rings. The van der Waals surface area contributed by atoms with Crippen LogP contribution in [-0.2, 0) is 4.74 Å². The molecule has 0 saturated carbocycles. The van der Waals surface area contributed by atoms with E-state index in [1.807, 2.05) is 45.0 Å². The third-order valence-corrected chi connectivity index (χ3v) is 2.30. The van der Waals surface area contributed by atoms with Gasteiger partial charge < -0.3 is 10.1 Å². The van der Waals surface area contributed by atoms with Gasteiger partial charge in [-0.3, -0.25) is 0 Å². The number of hydrogen-bond donors (Lipinski definition) is 1. The molecule has 0 unspecified atom stereocenters. The van der Waals surface area contributed by atoms with Gasteiger partial charge >= 0.3 is 6.09 Å². The fourth-order valence-electron chi connectivity index (χ4n) is 1.41. The first-order valence-electron chi connectivity index (χ1n) is 6.59. The van der Waals surface area contributed by atoms with Crippen molar-refractivity contribution in [3.8, 4) is 11.8 Å². The summed E-state index contributed by atoms with van der Waals surface area (Å²) in [5, 5.41) is 2.67. The smallest absolute Gasteiger partial charge is 0.407 e. The summed E-state index contributed by atoms with van der Waals surface area (Å²) in [6.07, 6.45) is 1.97. The lowest BCUT2D eigenvalue weighted by Gasteiger charge is -2.19. The van der Waals surface area contributed by atoms with E-state index in [2.05, 4.69) is 23.7 Å². The second kappa shape index (κ2) is 7.40. The number of rotatable bonds is 3. The summed E-state index contributed by atoms with van der Waals surface area (Å²) in [6, 6.07) is 7.84. The fraction of sp³-hybridized carbons (Fsp3) is 0.353. The Morgan fingerprint density at radius 1 is 1.35 bits per heavy atom. The Morgan fingerprint density at radius 2 is 2.00 bits per heavy atom. The monoisotopic (exact) mass is 271 g/mol. The van der Waals surface area contributed by atoms with Crippen molar-refractivity contribution in [3.05, 3.63) is 42.0 Å². The van der Waals surface area contributed by atoms with Gasteiger partial charge in [-0.15, -0.1) is 0 Å². The maximum absolute atomic E-state index is 11.4. The first kappa shape index (κ1) is 15.8. The van der Waals surface area contributed by atoms with E-state index in [9.17, 15) is 4.79 Å². The minimum atomic E-state index is -0.470. The van der Waals surface area contributed by atoms with Crippen LogP contribution < -0.4 is 5.32 Å². The van der Waals surface area contributed by atoms with Crippen LogP contribution >= 0.6 is 0 Å². The van der Waals surface area contributed by atoms with Gasteiger partial charge in [0.15, 0.2) is 0 Å². The molecule has 1 N–H and O–H groups in total. The lowest BCUT2D eigenvalue weighted by atomic mass is 10.1. The number of carbonyl (C=O) groups is 1. The highest BCUT2D eigenvalue weighted by Gasteiger charge is 2.15. The van der Waals surface area contributed by atoms with Gasteiger partial charge in [-0.2, -0.15) is 0 Å². The van der Waals surface area contributed by atoms with Crippen molar-refractivity contribution >= 4 is 12.2 Å². The van der Waals surface area contributed by atoms with E-state index in [-0.39, 0.29) is 0 Å². The maximum Gasteiger partial charge on any atom is 0.407 e. The molecule has 0 spiro atoms. The Hall–Kier alpha value is -2.21. The van der Waals surface area contributed by atoms with Crippen LogP contribution in [0.4, 0.5) is 4.79 Å². The Kier molecular flexibility index (Phi) is 5.86. The number of nitrogens with one attached hydrogen (secondary N) is 1. The van der Waals surface area contributed by atoms with Crippen molar-refractivity contribution in [2.45, 2.75) is 32.8 Å². The standard InChI is InChI=1S/C17H21NO2/c1-5-14-9-11-15(12-10-14)8-6-7-13-18-16(19)20-17(2,3)4/h5,9-12H,1,7,13H2,2-4H3,(H,18,19). The van der Waals surface area contributed by atoms with Crippen molar-refractivity contribution in [3.63, 3.8) is 0 Å². The number of benzene rings is 1. The summed E-state index contributed by atoms with van der Waals surface area (Å²) in [5.74, 6) is 6.05. The molecule has 3 heteroatoms. The van der Waals surface area contributed by atoms with Gasteiger partial charge in [-0.05, 0) is 38.5 Å². The van der Waals surface area contributed by atoms with E-state index in [1.54, 1.807) is 6.08 Å². The first-order valence-corrected chi connectivity index (χ1v) is 6.59. The summed E-state index contributed by atoms with van der Waals surface area (Å²) in [5.41, 5.74) is 1.55. The average molecular weight is 271 g/mol. The molecule has 0 radical (unpaired) electrons. The van der Waals surface area contributed by atoms with E-state index in [0.29, 0.717) is 13.0 Å². The fourth-order valence-corrected chi connectivity index (χ4v) is 1.41. The molecular formula is C17H21NO2. The van der Waals surface area contributed by atoms with Crippen LogP contribution in [-0.4, -0.2) is 18.2 Å². The molecule has 1 rings (SSSR count). The van der Waals surface area contributed by atoms with Crippen molar-refractivity contribution < 1.29 is 9.53 Å². The van der Waals surface area contributed by atoms with Crippen molar-refractivity contribution in [2.24, 2.45) is 0 Å². The molecule has 0 fully saturated rings. The molecule has 1 aromatic rings. The number of amides is 1. The van der Waals surface area contributed by atoms with Crippen molar-refractivity contribution in [1.82, 2.24) is 5.32 Å². The predicted molar refractivity (Wildman–Crippen MR) is 82.3 cm³/mol. The summed E-state index contributed by atoms with van der Waals surface area (Å²) in [7, 11) is 0. The molecule has 3 nitrogen and oxygen atoms in total. The lowest BCUT2D eigenvalue weighted by Crippen LogP contribution is -2.32. The highest BCUT2D eigenvalue weighted by molar-refractivity contribution is 5.67. The van der Waals surface area contributed by atoms with Gasteiger partial charge in [0.2, 0.25) is 0 Å². The second-order valence-electron chi connectivity index (χ2n) is 5.31. The number of carbonyl (C=O) groups excluding carboxylic acids is 1. The largest absolute Gasteiger partial charge is 0.444 e. The minimum Gasteiger partial charge on any atom is -0.444 e. The third-order valence-electron chi connectivity index (χ3n) is 2.30. The average Bonchev–Trinajstić information content (AvgIpc) is 2.37. The van der Waals surface area contributed by atoms with Gasteiger partial charge in [0.1, 0.15) is 5.60 Å². The third kappa shape index (κ3) is 6.65. The number of hydrogen-bond acceptors (Lipinski definition) is 2. The van der Waals surface area contributed by atoms with Crippen molar-refractivity contribution in [2.75, 3.05) is 6.54 Å². The minimum absolute atomic E-state index is 0.408. The van der Waals surface area contributed by atoms with Crippen LogP contribution in [0.3, 0.4) is 0 Å². The van der Waals surface area contributed by atoms with Crippen LogP contribution in [0.25, 0.3) is 6.08 Å². The van der Waals surface area contributed by atoms with Crippen LogP contribution in [0.1, 0.15) is 38.3 Å². The summed E-state index contributed by atoms with van der Waals surface area (Å²) >= 11 is 0. The zero-order valence-corrected chi connectivity index (χ0v) is 12.3. The Bertz CT molecular complexity index is 513. The molecule has 20 heavy (non-hydrogen) atoms. The van der Waals surface area contributed by atoms with Crippen LogP contribution in [0.2, 0.25) is 0 Å². The van der Waals surface area contributed by atoms with Crippen LogP contribution in [0.5, 0.6) is 0 Å². The van der Waals surface area contributed by atoms with Crippen LogP contribution in [0, 0.1) is 11.8 Å². The first-order chi connectivity index (χ1) is 9.40. The molecule has 0 heterocycles. The molecular weight excluding hydrogens is 250 g/mol. The lowest BCUT2D eigenvalue weighted by molar-refractivity contribution is 0.0529. The topological polar surface area (TPSA) is 38.3 Å². The Labute approximate surface area is 121 Å². The molecule has 0 saturated heterocycles. The molecule has 0 bridgehead atoms. The van der Waals surface area contributed by atoms with Gasteiger partial charge in [0.05, 0.1) is 0 Å². The SMILES string of the molecule is C=Cc1ccc(C#CCCNC(=O)OC(C)(C)C)cc1. The normalized spacial score (nSPS) is 10.2. The van der Waals surface area contributed by atoms with Gasteiger partial charge in [0.25, 0.3) is 0 Å². The van der Waals surface area contributed by atoms with E-state index in [4.69, 9.17) is 4.74 Å². The highest BCUT2D eigenvalue weighted by Crippen LogP contribution is 2.06. The Balaban J connectivity index is 2.32. The maximum atomic E-state index is 11.4. The predicted octanol–water partition coefficient (Wildman–Crippen LogP) is 3.60. The van der Waals surface area contributed by atoms with E-state index < -0.39 is 11.7 Å². The van der Waals surface area contributed by atoms with Gasteiger partial charge in [-0.25, -0.2) is 4.79 Å². The number of ether oxygens (including phenoxy) is 1. The zero-order chi connectivity index (χ0) is 15.0. The molecule has 0 aliphatic heterocycles. The molecule has 0 atom stereocenters. The quantitative estimate of drug-likeness (QED) is 0.674. The zero-order valence-electron chi connectivity index (χ0n) is 12.3. The van der Waals surface area contributed by atoms with E-state index in [0.717, 1.165) is 11.1 Å². The molecule has 1 aromatic carbocycles. The molecule has 0 aromatic heterocycles. The Morgan fingerprint density at radius 3 is 2.55 bits per heavy atom. The molecule has 1 amide bonds. The highest BCUT2D eigenvalue weighted by atomic mass is 16.6. The summed E-state index contributed by atoms with van der Waals surface area (Å²) < 4.78 is 5.12.